The Kier molecular flexibility index (Phi) is 5.88. The van der Waals surface area contributed by atoms with Gasteiger partial charge in [0, 0.05) is 48.6 Å². The van der Waals surface area contributed by atoms with E-state index in [1.54, 1.807) is 19.4 Å². The van der Waals surface area contributed by atoms with Crippen molar-refractivity contribution in [2.75, 3.05) is 50.1 Å². The van der Waals surface area contributed by atoms with Gasteiger partial charge in [-0.05, 0) is 40.2 Å². The van der Waals surface area contributed by atoms with Crippen molar-refractivity contribution < 1.29 is 9.53 Å². The molecule has 1 aromatic carbocycles. The molecule has 6 nitrogen and oxygen atoms in total. The van der Waals surface area contributed by atoms with E-state index in [4.69, 9.17) is 4.74 Å². The lowest BCUT2D eigenvalue weighted by molar-refractivity contribution is -0.117. The largest absolute Gasteiger partial charge is 0.497 e. The van der Waals surface area contributed by atoms with E-state index < -0.39 is 0 Å². The molecule has 1 amide bonds. The third-order valence-corrected chi connectivity index (χ3v) is 4.62. The number of benzene rings is 1. The number of amides is 1. The first-order valence-electron chi connectivity index (χ1n) is 8.17. The Bertz CT molecular complexity index is 715. The van der Waals surface area contributed by atoms with Gasteiger partial charge in [0.25, 0.3) is 0 Å². The molecular weight excluding hydrogens is 384 g/mol. The van der Waals surface area contributed by atoms with Crippen molar-refractivity contribution in [3.63, 3.8) is 0 Å². The van der Waals surface area contributed by atoms with Crippen molar-refractivity contribution in [3.05, 3.63) is 47.1 Å². The quantitative estimate of drug-likeness (QED) is 0.829. The molecule has 2 heterocycles. The molecule has 0 radical (unpaired) electrons. The van der Waals surface area contributed by atoms with Crippen molar-refractivity contribution >= 4 is 33.3 Å². The summed E-state index contributed by atoms with van der Waals surface area (Å²) in [6, 6.07) is 11.7. The van der Waals surface area contributed by atoms with Crippen LogP contribution in [0.1, 0.15) is 0 Å². The highest BCUT2D eigenvalue weighted by Crippen LogP contribution is 2.22. The number of nitrogens with one attached hydrogen (secondary N) is 1. The van der Waals surface area contributed by atoms with E-state index in [1.807, 2.05) is 24.3 Å². The lowest BCUT2D eigenvalue weighted by Crippen LogP contribution is -2.48. The molecule has 0 saturated carbocycles. The summed E-state index contributed by atoms with van der Waals surface area (Å²) in [7, 11) is 1.68. The summed E-state index contributed by atoms with van der Waals surface area (Å²) >= 11 is 3.33. The fourth-order valence-corrected chi connectivity index (χ4v) is 3.04. The number of piperazine rings is 1. The van der Waals surface area contributed by atoms with Gasteiger partial charge in [-0.3, -0.25) is 9.69 Å². The van der Waals surface area contributed by atoms with Crippen molar-refractivity contribution in [1.29, 1.82) is 0 Å². The molecule has 1 aliphatic heterocycles. The average molecular weight is 405 g/mol. The molecule has 1 fully saturated rings. The maximum absolute atomic E-state index is 12.2. The maximum Gasteiger partial charge on any atom is 0.239 e. The molecule has 7 heteroatoms. The van der Waals surface area contributed by atoms with Crippen molar-refractivity contribution in [1.82, 2.24) is 9.88 Å². The molecule has 0 bridgehead atoms. The number of hydrogen-bond donors (Lipinski definition) is 1. The zero-order chi connectivity index (χ0) is 17.6. The van der Waals surface area contributed by atoms with E-state index in [-0.39, 0.29) is 5.91 Å². The van der Waals surface area contributed by atoms with E-state index in [2.05, 4.69) is 42.1 Å². The molecule has 1 saturated heterocycles. The highest BCUT2D eigenvalue weighted by Gasteiger charge is 2.19. The van der Waals surface area contributed by atoms with Gasteiger partial charge in [0.1, 0.15) is 11.6 Å². The lowest BCUT2D eigenvalue weighted by atomic mass is 10.2. The molecule has 1 aromatic heterocycles. The second kappa shape index (κ2) is 8.31. The molecule has 1 N–H and O–H groups in total. The number of anilines is 2. The Balaban J connectivity index is 1.48. The SMILES string of the molecule is COc1cccc(N2CCN(CC(=O)Nc3ccc(Br)cn3)CC2)c1. The van der Waals surface area contributed by atoms with Gasteiger partial charge in [-0.2, -0.15) is 0 Å². The first-order valence-corrected chi connectivity index (χ1v) is 8.96. The molecule has 0 aliphatic carbocycles. The Labute approximate surface area is 155 Å². The van der Waals surface area contributed by atoms with E-state index in [1.165, 1.54) is 0 Å². The highest BCUT2D eigenvalue weighted by molar-refractivity contribution is 9.10. The van der Waals surface area contributed by atoms with E-state index in [0.717, 1.165) is 42.1 Å². The molecule has 1 aliphatic rings. The number of methoxy groups -OCH3 is 1. The number of carbonyl (C=O) groups excluding carboxylic acids is 1. The minimum atomic E-state index is -0.0374. The average Bonchev–Trinajstić information content (AvgIpc) is 2.64. The predicted octanol–water partition coefficient (Wildman–Crippen LogP) is 2.61. The smallest absolute Gasteiger partial charge is 0.239 e. The molecule has 2 aromatic rings. The molecule has 132 valence electrons. The summed E-state index contributed by atoms with van der Waals surface area (Å²) in [4.78, 5) is 20.8. The Hall–Kier alpha value is -2.12. The first-order chi connectivity index (χ1) is 12.1. The third-order valence-electron chi connectivity index (χ3n) is 4.15. The topological polar surface area (TPSA) is 57.7 Å². The predicted molar refractivity (Wildman–Crippen MR) is 102 cm³/mol. The fourth-order valence-electron chi connectivity index (χ4n) is 2.81. The Morgan fingerprint density at radius 3 is 2.72 bits per heavy atom. The van der Waals surface area contributed by atoms with Gasteiger partial charge in [-0.25, -0.2) is 4.98 Å². The molecular formula is C18H21BrN4O2. The van der Waals surface area contributed by atoms with Crippen LogP contribution in [0.15, 0.2) is 47.1 Å². The van der Waals surface area contributed by atoms with Gasteiger partial charge in [-0.1, -0.05) is 6.07 Å². The Morgan fingerprint density at radius 1 is 1.24 bits per heavy atom. The standard InChI is InChI=1S/C18H21BrN4O2/c1-25-16-4-2-3-15(11-16)23-9-7-22(8-10-23)13-18(24)21-17-6-5-14(19)12-20-17/h2-6,11-12H,7-10,13H2,1H3,(H,20,21,24). The maximum atomic E-state index is 12.2. The highest BCUT2D eigenvalue weighted by atomic mass is 79.9. The number of nitrogens with zero attached hydrogens (tertiary/aromatic N) is 3. The van der Waals surface area contributed by atoms with Gasteiger partial charge < -0.3 is 15.0 Å². The van der Waals surface area contributed by atoms with Crippen LogP contribution in [0.25, 0.3) is 0 Å². The molecule has 0 atom stereocenters. The summed E-state index contributed by atoms with van der Waals surface area (Å²) in [5.41, 5.74) is 1.16. The van der Waals surface area contributed by atoms with Gasteiger partial charge in [0.15, 0.2) is 0 Å². The number of carbonyl (C=O) groups is 1. The van der Waals surface area contributed by atoms with Gasteiger partial charge in [-0.15, -0.1) is 0 Å². The van der Waals surface area contributed by atoms with Crippen LogP contribution < -0.4 is 15.0 Å². The van der Waals surface area contributed by atoms with Crippen molar-refractivity contribution in [3.8, 4) is 5.75 Å². The summed E-state index contributed by atoms with van der Waals surface area (Å²) in [5.74, 6) is 1.40. The summed E-state index contributed by atoms with van der Waals surface area (Å²) < 4.78 is 6.17. The number of rotatable bonds is 5. The van der Waals surface area contributed by atoms with Gasteiger partial charge >= 0.3 is 0 Å². The molecule has 25 heavy (non-hydrogen) atoms. The number of hydrogen-bond acceptors (Lipinski definition) is 5. The van der Waals surface area contributed by atoms with Crippen LogP contribution in [-0.4, -0.2) is 55.6 Å². The fraction of sp³-hybridized carbons (Fsp3) is 0.333. The number of ether oxygens (including phenoxy) is 1. The Morgan fingerprint density at radius 2 is 2.04 bits per heavy atom. The first kappa shape index (κ1) is 17.7. The number of halogens is 1. The van der Waals surface area contributed by atoms with E-state index in [0.29, 0.717) is 12.4 Å². The van der Waals surface area contributed by atoms with Crippen LogP contribution >= 0.6 is 15.9 Å². The monoisotopic (exact) mass is 404 g/mol. The van der Waals surface area contributed by atoms with Gasteiger partial charge in [0.2, 0.25) is 5.91 Å². The summed E-state index contributed by atoms with van der Waals surface area (Å²) in [5, 5.41) is 2.83. The zero-order valence-corrected chi connectivity index (χ0v) is 15.7. The second-order valence-electron chi connectivity index (χ2n) is 5.87. The van der Waals surface area contributed by atoms with Crippen molar-refractivity contribution in [2.24, 2.45) is 0 Å². The third kappa shape index (κ3) is 4.93. The number of pyridine rings is 1. The normalized spacial score (nSPS) is 15.0. The van der Waals surface area contributed by atoms with E-state index >= 15 is 0 Å². The van der Waals surface area contributed by atoms with Gasteiger partial charge in [0.05, 0.1) is 13.7 Å². The minimum absolute atomic E-state index is 0.0374. The van der Waals surface area contributed by atoms with Crippen LogP contribution in [0.3, 0.4) is 0 Å². The van der Waals surface area contributed by atoms with Crippen molar-refractivity contribution in [2.45, 2.75) is 0 Å². The van der Waals surface area contributed by atoms with Crippen LogP contribution in [0.5, 0.6) is 5.75 Å². The number of aromatic nitrogens is 1. The van der Waals surface area contributed by atoms with Crippen LogP contribution in [-0.2, 0) is 4.79 Å². The zero-order valence-electron chi connectivity index (χ0n) is 14.1. The summed E-state index contributed by atoms with van der Waals surface area (Å²) in [6.45, 7) is 3.84. The van der Waals surface area contributed by atoms with Crippen LogP contribution in [0.2, 0.25) is 0 Å². The minimum Gasteiger partial charge on any atom is -0.497 e. The molecule has 3 rings (SSSR count). The molecule has 0 spiro atoms. The lowest BCUT2D eigenvalue weighted by Gasteiger charge is -2.35. The van der Waals surface area contributed by atoms with Crippen LogP contribution in [0.4, 0.5) is 11.5 Å². The van der Waals surface area contributed by atoms with Crippen LogP contribution in [0, 0.1) is 0 Å². The molecule has 0 unspecified atom stereocenters. The summed E-state index contributed by atoms with van der Waals surface area (Å²) in [6.07, 6.45) is 1.67. The second-order valence-corrected chi connectivity index (χ2v) is 6.79. The van der Waals surface area contributed by atoms with E-state index in [9.17, 15) is 4.79 Å².